The van der Waals surface area contributed by atoms with Crippen LogP contribution >= 0.6 is 0 Å². The van der Waals surface area contributed by atoms with Gasteiger partial charge in [-0.3, -0.25) is 14.4 Å². The molecule has 0 spiro atoms. The van der Waals surface area contributed by atoms with Crippen LogP contribution < -0.4 is 10.6 Å². The van der Waals surface area contributed by atoms with E-state index in [1.807, 2.05) is 0 Å². The van der Waals surface area contributed by atoms with E-state index in [1.54, 1.807) is 58.0 Å². The number of hydrogen-bond donors (Lipinski definition) is 2. The van der Waals surface area contributed by atoms with Gasteiger partial charge in [-0.15, -0.1) is 0 Å². The summed E-state index contributed by atoms with van der Waals surface area (Å²) in [7, 11) is 1.47. The molecule has 1 unspecified atom stereocenters. The van der Waals surface area contributed by atoms with Gasteiger partial charge < -0.3 is 25.0 Å². The fraction of sp³-hybridized carbons (Fsp3) is 0.524. The lowest BCUT2D eigenvalue weighted by Crippen LogP contribution is -2.46. The second-order valence-corrected chi connectivity index (χ2v) is 7.52. The van der Waals surface area contributed by atoms with Crippen molar-refractivity contribution in [3.8, 4) is 0 Å². The first kappa shape index (κ1) is 24.9. The molecule has 0 heterocycles. The quantitative estimate of drug-likeness (QED) is 0.588. The molecular formula is C21H31N3O6. The second kappa shape index (κ2) is 11.8. The molecule has 3 amide bonds. The van der Waals surface area contributed by atoms with Crippen LogP contribution in [0.1, 0.15) is 45.7 Å². The summed E-state index contributed by atoms with van der Waals surface area (Å²) in [5.74, 6) is -1.34. The number of carbonyl (C=O) groups is 4. The molecule has 0 aliphatic rings. The average molecular weight is 421 g/mol. The standard InChI is InChI=1S/C21H31N3O6/c1-6-29-17(26)12-13-22-19(27)18(15-10-8-7-9-11-15)24(5)16(25)14-23-20(28)30-21(2,3)4/h7-11,18H,6,12-14H2,1-5H3,(H,22,27)(H,23,28). The number of hydrogen-bond acceptors (Lipinski definition) is 6. The van der Waals surface area contributed by atoms with Gasteiger partial charge in [0.25, 0.3) is 0 Å². The van der Waals surface area contributed by atoms with Crippen molar-refractivity contribution in [2.24, 2.45) is 0 Å². The number of rotatable bonds is 9. The number of ether oxygens (including phenoxy) is 2. The summed E-state index contributed by atoms with van der Waals surface area (Å²) >= 11 is 0. The van der Waals surface area contributed by atoms with Gasteiger partial charge in [-0.05, 0) is 33.3 Å². The highest BCUT2D eigenvalue weighted by Crippen LogP contribution is 2.19. The summed E-state index contributed by atoms with van der Waals surface area (Å²) in [6.45, 7) is 6.87. The van der Waals surface area contributed by atoms with Gasteiger partial charge in [0.15, 0.2) is 0 Å². The summed E-state index contributed by atoms with van der Waals surface area (Å²) in [5, 5.41) is 5.05. The van der Waals surface area contributed by atoms with Crippen LogP contribution in [-0.2, 0) is 23.9 Å². The SMILES string of the molecule is CCOC(=O)CCNC(=O)C(c1ccccc1)N(C)C(=O)CNC(=O)OC(C)(C)C. The van der Waals surface area contributed by atoms with E-state index in [0.717, 1.165) is 0 Å². The van der Waals surface area contributed by atoms with Crippen molar-refractivity contribution in [1.82, 2.24) is 15.5 Å². The number of alkyl carbamates (subject to hydrolysis) is 1. The van der Waals surface area contributed by atoms with Crippen molar-refractivity contribution >= 4 is 23.9 Å². The maximum atomic E-state index is 12.8. The molecule has 0 saturated carbocycles. The molecule has 0 fully saturated rings. The Balaban J connectivity index is 2.79. The topological polar surface area (TPSA) is 114 Å². The van der Waals surface area contributed by atoms with Crippen LogP contribution in [0, 0.1) is 0 Å². The van der Waals surface area contributed by atoms with Gasteiger partial charge in [0.2, 0.25) is 11.8 Å². The molecule has 0 aliphatic heterocycles. The zero-order valence-electron chi connectivity index (χ0n) is 18.2. The summed E-state index contributed by atoms with van der Waals surface area (Å²) in [4.78, 5) is 49.9. The molecule has 1 atom stereocenters. The Kier molecular flexibility index (Phi) is 9.80. The molecule has 0 radical (unpaired) electrons. The minimum Gasteiger partial charge on any atom is -0.466 e. The molecular weight excluding hydrogens is 390 g/mol. The third-order valence-electron chi connectivity index (χ3n) is 3.86. The molecule has 0 saturated heterocycles. The van der Waals surface area contributed by atoms with Gasteiger partial charge in [-0.1, -0.05) is 30.3 Å². The Labute approximate surface area is 177 Å². The summed E-state index contributed by atoms with van der Waals surface area (Å²) in [6, 6.07) is 7.82. The number of benzene rings is 1. The van der Waals surface area contributed by atoms with Gasteiger partial charge in [-0.2, -0.15) is 0 Å². The van der Waals surface area contributed by atoms with E-state index in [9.17, 15) is 19.2 Å². The first-order valence-corrected chi connectivity index (χ1v) is 9.76. The van der Waals surface area contributed by atoms with E-state index < -0.39 is 35.5 Å². The number of likely N-dealkylation sites (N-methyl/N-ethyl adjacent to an activating group) is 1. The van der Waals surface area contributed by atoms with Crippen molar-refractivity contribution in [1.29, 1.82) is 0 Å². The normalized spacial score (nSPS) is 11.8. The Morgan fingerprint density at radius 2 is 1.70 bits per heavy atom. The predicted octanol–water partition coefficient (Wildman–Crippen LogP) is 1.78. The third-order valence-corrected chi connectivity index (χ3v) is 3.86. The largest absolute Gasteiger partial charge is 0.466 e. The van der Waals surface area contributed by atoms with Crippen LogP contribution in [0.25, 0.3) is 0 Å². The van der Waals surface area contributed by atoms with Crippen LogP contribution in [0.15, 0.2) is 30.3 Å². The summed E-state index contributed by atoms with van der Waals surface area (Å²) < 4.78 is 9.95. The van der Waals surface area contributed by atoms with Gasteiger partial charge in [0, 0.05) is 13.6 Å². The van der Waals surface area contributed by atoms with Crippen molar-refractivity contribution in [2.75, 3.05) is 26.7 Å². The van der Waals surface area contributed by atoms with Crippen LogP contribution in [0.5, 0.6) is 0 Å². The smallest absolute Gasteiger partial charge is 0.408 e. The molecule has 30 heavy (non-hydrogen) atoms. The van der Waals surface area contributed by atoms with Gasteiger partial charge in [-0.25, -0.2) is 4.79 Å². The average Bonchev–Trinajstić information content (AvgIpc) is 2.66. The highest BCUT2D eigenvalue weighted by Gasteiger charge is 2.29. The number of nitrogens with one attached hydrogen (secondary N) is 2. The van der Waals surface area contributed by atoms with Crippen LogP contribution in [0.2, 0.25) is 0 Å². The highest BCUT2D eigenvalue weighted by molar-refractivity contribution is 5.90. The first-order chi connectivity index (χ1) is 14.0. The Morgan fingerprint density at radius 1 is 1.07 bits per heavy atom. The highest BCUT2D eigenvalue weighted by atomic mass is 16.6. The number of nitrogens with zero attached hydrogens (tertiary/aromatic N) is 1. The number of esters is 1. The van der Waals surface area contributed by atoms with Gasteiger partial charge in [0.05, 0.1) is 13.0 Å². The second-order valence-electron chi connectivity index (χ2n) is 7.52. The van der Waals surface area contributed by atoms with E-state index in [-0.39, 0.29) is 26.1 Å². The zero-order chi connectivity index (χ0) is 22.7. The minimum absolute atomic E-state index is 0.0267. The van der Waals surface area contributed by atoms with E-state index >= 15 is 0 Å². The Bertz CT molecular complexity index is 730. The molecule has 2 N–H and O–H groups in total. The van der Waals surface area contributed by atoms with Crippen LogP contribution in [-0.4, -0.2) is 61.1 Å². The van der Waals surface area contributed by atoms with E-state index in [1.165, 1.54) is 11.9 Å². The van der Waals surface area contributed by atoms with E-state index in [0.29, 0.717) is 5.56 Å². The van der Waals surface area contributed by atoms with Crippen LogP contribution in [0.4, 0.5) is 4.79 Å². The van der Waals surface area contributed by atoms with Crippen molar-refractivity contribution < 1.29 is 28.7 Å². The van der Waals surface area contributed by atoms with E-state index in [4.69, 9.17) is 9.47 Å². The lowest BCUT2D eigenvalue weighted by molar-refractivity contribution is -0.143. The molecule has 1 aromatic rings. The molecule has 0 bridgehead atoms. The predicted molar refractivity (Wildman–Crippen MR) is 110 cm³/mol. The van der Waals surface area contributed by atoms with Crippen molar-refractivity contribution in [2.45, 2.75) is 45.8 Å². The molecule has 0 aliphatic carbocycles. The Morgan fingerprint density at radius 3 is 2.27 bits per heavy atom. The van der Waals surface area contributed by atoms with E-state index in [2.05, 4.69) is 10.6 Å². The zero-order valence-corrected chi connectivity index (χ0v) is 18.2. The first-order valence-electron chi connectivity index (χ1n) is 9.76. The molecule has 1 rings (SSSR count). The summed E-state index contributed by atoms with van der Waals surface area (Å²) in [6.07, 6.45) is -0.696. The van der Waals surface area contributed by atoms with Gasteiger partial charge in [0.1, 0.15) is 18.2 Å². The monoisotopic (exact) mass is 421 g/mol. The minimum atomic E-state index is -0.929. The fourth-order valence-corrected chi connectivity index (χ4v) is 2.53. The molecule has 1 aromatic carbocycles. The van der Waals surface area contributed by atoms with Crippen molar-refractivity contribution in [3.05, 3.63) is 35.9 Å². The third kappa shape index (κ3) is 8.93. The van der Waals surface area contributed by atoms with Gasteiger partial charge >= 0.3 is 12.1 Å². The molecule has 9 heteroatoms. The maximum Gasteiger partial charge on any atom is 0.408 e. The summed E-state index contributed by atoms with van der Waals surface area (Å²) in [5.41, 5.74) is -0.0935. The maximum absolute atomic E-state index is 12.8. The number of carbonyl (C=O) groups excluding carboxylic acids is 4. The molecule has 0 aromatic heterocycles. The van der Waals surface area contributed by atoms with Crippen LogP contribution in [0.3, 0.4) is 0 Å². The lowest BCUT2D eigenvalue weighted by Gasteiger charge is -2.28. The Hall–Kier alpha value is -3.10. The lowest BCUT2D eigenvalue weighted by atomic mass is 10.0. The fourth-order valence-electron chi connectivity index (χ4n) is 2.53. The van der Waals surface area contributed by atoms with Crippen molar-refractivity contribution in [3.63, 3.8) is 0 Å². The number of amides is 3. The molecule has 166 valence electrons. The molecule has 9 nitrogen and oxygen atoms in total.